The lowest BCUT2D eigenvalue weighted by molar-refractivity contribution is 0.0954. The third-order valence-corrected chi connectivity index (χ3v) is 3.56. The van der Waals surface area contributed by atoms with E-state index >= 15 is 0 Å². The highest BCUT2D eigenvalue weighted by atomic mass is 35.5. The molecule has 0 bridgehead atoms. The molecule has 0 aromatic heterocycles. The molecule has 2 rings (SSSR count). The van der Waals surface area contributed by atoms with Crippen LogP contribution in [0.3, 0.4) is 0 Å². The highest BCUT2D eigenvalue weighted by Gasteiger charge is 2.07. The van der Waals surface area contributed by atoms with Crippen molar-refractivity contribution in [2.45, 2.75) is 13.8 Å². The minimum atomic E-state index is -0.0902. The predicted octanol–water partition coefficient (Wildman–Crippen LogP) is 3.68. The summed E-state index contributed by atoms with van der Waals surface area (Å²) in [6.07, 6.45) is 0. The second-order valence-electron chi connectivity index (χ2n) is 5.30. The Labute approximate surface area is 156 Å². The normalized spacial score (nSPS) is 9.42. The zero-order valence-electron chi connectivity index (χ0n) is 14.0. The number of rotatable bonds is 6. The monoisotopic (exact) mass is 369 g/mol. The van der Waals surface area contributed by atoms with Crippen LogP contribution >= 0.6 is 24.8 Å². The van der Waals surface area contributed by atoms with Gasteiger partial charge in [0, 0.05) is 36.6 Å². The van der Waals surface area contributed by atoms with E-state index < -0.39 is 0 Å². The Morgan fingerprint density at radius 1 is 1.12 bits per heavy atom. The van der Waals surface area contributed by atoms with Crippen LogP contribution < -0.4 is 16.0 Å². The van der Waals surface area contributed by atoms with Crippen molar-refractivity contribution in [2.75, 3.05) is 30.3 Å². The summed E-state index contributed by atoms with van der Waals surface area (Å²) >= 11 is 0. The second kappa shape index (κ2) is 10.8. The number of carbonyl (C=O) groups is 1. The van der Waals surface area contributed by atoms with Crippen LogP contribution in [0, 0.1) is 6.92 Å². The van der Waals surface area contributed by atoms with Gasteiger partial charge in [-0.1, -0.05) is 18.2 Å². The molecule has 0 atom stereocenters. The first-order valence-corrected chi connectivity index (χ1v) is 7.55. The van der Waals surface area contributed by atoms with Gasteiger partial charge in [0.05, 0.1) is 0 Å². The Kier molecular flexibility index (Phi) is 9.93. The maximum absolute atomic E-state index is 12.1. The molecule has 0 aliphatic heterocycles. The van der Waals surface area contributed by atoms with Crippen molar-refractivity contribution in [3.63, 3.8) is 0 Å². The molecule has 6 heteroatoms. The predicted molar refractivity (Wildman–Crippen MR) is 107 cm³/mol. The molecule has 132 valence electrons. The van der Waals surface area contributed by atoms with Gasteiger partial charge in [0.15, 0.2) is 0 Å². The molecule has 0 heterocycles. The number of nitrogens with two attached hydrogens (primary N) is 1. The zero-order chi connectivity index (χ0) is 15.9. The minimum absolute atomic E-state index is 0. The van der Waals surface area contributed by atoms with E-state index in [1.165, 1.54) is 11.3 Å². The number of amides is 1. The van der Waals surface area contributed by atoms with Gasteiger partial charge in [-0.2, -0.15) is 0 Å². The summed E-state index contributed by atoms with van der Waals surface area (Å²) in [5.41, 5.74) is 9.31. The van der Waals surface area contributed by atoms with Crippen LogP contribution in [0.5, 0.6) is 0 Å². The number of hydrogen-bond acceptors (Lipinski definition) is 3. The highest BCUT2D eigenvalue weighted by molar-refractivity contribution is 5.95. The van der Waals surface area contributed by atoms with Gasteiger partial charge in [-0.15, -0.1) is 24.8 Å². The number of carbonyl (C=O) groups excluding carboxylic acids is 1. The molecule has 24 heavy (non-hydrogen) atoms. The maximum atomic E-state index is 12.1. The molecule has 0 radical (unpaired) electrons. The lowest BCUT2D eigenvalue weighted by atomic mass is 10.2. The lowest BCUT2D eigenvalue weighted by Crippen LogP contribution is -2.35. The Hall–Kier alpha value is -1.91. The number of aryl methyl sites for hydroxylation is 1. The van der Waals surface area contributed by atoms with E-state index in [0.29, 0.717) is 17.8 Å². The van der Waals surface area contributed by atoms with Gasteiger partial charge in [0.1, 0.15) is 0 Å². The number of nitrogens with one attached hydrogen (secondary N) is 1. The van der Waals surface area contributed by atoms with Crippen LogP contribution in [0.1, 0.15) is 22.8 Å². The fraction of sp³-hybridized carbons (Fsp3) is 0.278. The summed E-state index contributed by atoms with van der Waals surface area (Å²) in [6.45, 7) is 6.46. The van der Waals surface area contributed by atoms with Crippen LogP contribution in [-0.4, -0.2) is 25.5 Å². The summed E-state index contributed by atoms with van der Waals surface area (Å²) in [4.78, 5) is 14.3. The molecule has 2 aromatic rings. The average Bonchev–Trinajstić information content (AvgIpc) is 2.51. The SMILES string of the molecule is CCN(CCNC(=O)c1cccc(N)c1)c1cccc(C)c1.Cl.Cl. The Morgan fingerprint density at radius 2 is 1.83 bits per heavy atom. The van der Waals surface area contributed by atoms with E-state index in [-0.39, 0.29) is 30.7 Å². The van der Waals surface area contributed by atoms with Crippen LogP contribution in [0.25, 0.3) is 0 Å². The molecule has 1 amide bonds. The smallest absolute Gasteiger partial charge is 0.251 e. The van der Waals surface area contributed by atoms with Gasteiger partial charge >= 0.3 is 0 Å². The number of anilines is 2. The Balaban J connectivity index is 0.00000264. The molecule has 0 aliphatic rings. The van der Waals surface area contributed by atoms with Gasteiger partial charge in [-0.05, 0) is 49.7 Å². The van der Waals surface area contributed by atoms with Crippen molar-refractivity contribution < 1.29 is 4.79 Å². The van der Waals surface area contributed by atoms with Gasteiger partial charge in [0.2, 0.25) is 0 Å². The molecule has 0 spiro atoms. The average molecular weight is 370 g/mol. The molecule has 0 fully saturated rings. The quantitative estimate of drug-likeness (QED) is 0.763. The molecule has 0 unspecified atom stereocenters. The first-order chi connectivity index (χ1) is 10.6. The zero-order valence-corrected chi connectivity index (χ0v) is 15.6. The van der Waals surface area contributed by atoms with Crippen LogP contribution in [-0.2, 0) is 0 Å². The number of nitrogen functional groups attached to an aromatic ring is 1. The Bertz CT molecular complexity index is 650. The van der Waals surface area contributed by atoms with Crippen LogP contribution in [0.4, 0.5) is 11.4 Å². The standard InChI is InChI=1S/C18H23N3O.2ClH/c1-3-21(17-9-4-6-14(2)12-17)11-10-20-18(22)15-7-5-8-16(19)13-15;;/h4-9,12-13H,3,10-11,19H2,1-2H3,(H,20,22);2*1H. The topological polar surface area (TPSA) is 58.4 Å². The maximum Gasteiger partial charge on any atom is 0.251 e. The van der Waals surface area contributed by atoms with E-state index in [4.69, 9.17) is 5.73 Å². The molecule has 2 aromatic carbocycles. The van der Waals surface area contributed by atoms with Crippen LogP contribution in [0.2, 0.25) is 0 Å². The summed E-state index contributed by atoms with van der Waals surface area (Å²) in [7, 11) is 0. The van der Waals surface area contributed by atoms with Crippen molar-refractivity contribution in [3.8, 4) is 0 Å². The van der Waals surface area contributed by atoms with Crippen molar-refractivity contribution in [2.24, 2.45) is 0 Å². The number of nitrogens with zero attached hydrogens (tertiary/aromatic N) is 1. The van der Waals surface area contributed by atoms with E-state index in [1.807, 2.05) is 0 Å². The number of hydrogen-bond donors (Lipinski definition) is 2. The molecule has 4 nitrogen and oxygen atoms in total. The van der Waals surface area contributed by atoms with Gasteiger partial charge in [-0.3, -0.25) is 4.79 Å². The van der Waals surface area contributed by atoms with Crippen molar-refractivity contribution in [1.82, 2.24) is 5.32 Å². The number of halogens is 2. The van der Waals surface area contributed by atoms with Crippen molar-refractivity contribution >= 4 is 42.1 Å². The first kappa shape index (κ1) is 22.1. The summed E-state index contributed by atoms with van der Waals surface area (Å²) in [5, 5.41) is 2.94. The molecule has 0 saturated carbocycles. The van der Waals surface area contributed by atoms with E-state index in [9.17, 15) is 4.79 Å². The fourth-order valence-electron chi connectivity index (χ4n) is 2.38. The third kappa shape index (κ3) is 6.30. The fourth-order valence-corrected chi connectivity index (χ4v) is 2.38. The summed E-state index contributed by atoms with van der Waals surface area (Å²) in [6, 6.07) is 15.4. The lowest BCUT2D eigenvalue weighted by Gasteiger charge is -2.23. The summed E-state index contributed by atoms with van der Waals surface area (Å²) < 4.78 is 0. The number of likely N-dealkylation sites (N-methyl/N-ethyl adjacent to an activating group) is 1. The molecule has 0 aliphatic carbocycles. The number of benzene rings is 2. The van der Waals surface area contributed by atoms with E-state index in [1.54, 1.807) is 24.3 Å². The molecular weight excluding hydrogens is 345 g/mol. The molecule has 3 N–H and O–H groups in total. The van der Waals surface area contributed by atoms with Gasteiger partial charge in [-0.25, -0.2) is 0 Å². The van der Waals surface area contributed by atoms with Gasteiger partial charge in [0.25, 0.3) is 5.91 Å². The third-order valence-electron chi connectivity index (χ3n) is 3.56. The van der Waals surface area contributed by atoms with E-state index in [2.05, 4.69) is 48.3 Å². The second-order valence-corrected chi connectivity index (χ2v) is 5.30. The summed E-state index contributed by atoms with van der Waals surface area (Å²) in [5.74, 6) is -0.0902. The van der Waals surface area contributed by atoms with Crippen molar-refractivity contribution in [1.29, 1.82) is 0 Å². The minimum Gasteiger partial charge on any atom is -0.399 e. The molecule has 0 saturated heterocycles. The Morgan fingerprint density at radius 3 is 2.46 bits per heavy atom. The van der Waals surface area contributed by atoms with E-state index in [0.717, 1.165) is 13.1 Å². The first-order valence-electron chi connectivity index (χ1n) is 7.55. The van der Waals surface area contributed by atoms with Crippen LogP contribution in [0.15, 0.2) is 48.5 Å². The largest absolute Gasteiger partial charge is 0.399 e. The van der Waals surface area contributed by atoms with Gasteiger partial charge < -0.3 is 16.0 Å². The van der Waals surface area contributed by atoms with Crippen molar-refractivity contribution in [3.05, 3.63) is 59.7 Å². The highest BCUT2D eigenvalue weighted by Crippen LogP contribution is 2.15. The molecular formula is C18H25Cl2N3O.